The standard InChI is InChI=1S/C16H18N2O7/c19-8-11-13(21)14(22)15(25-11)17-7-6-12(20)18(16(17)23)24-9-10-4-2-1-3-5-10/h1-7,11,13-15,19,21-22H,8-9H2/t11-,13-,14-,15-/m1/s1. The van der Waals surface area contributed by atoms with Crippen LogP contribution in [-0.4, -0.2) is 49.5 Å². The largest absolute Gasteiger partial charge is 0.401 e. The Bertz CT molecular complexity index is 832. The molecular weight excluding hydrogens is 332 g/mol. The van der Waals surface area contributed by atoms with E-state index in [1.165, 1.54) is 0 Å². The van der Waals surface area contributed by atoms with E-state index in [2.05, 4.69) is 0 Å². The molecule has 1 saturated heterocycles. The van der Waals surface area contributed by atoms with Gasteiger partial charge in [-0.1, -0.05) is 35.1 Å². The Morgan fingerprint density at radius 3 is 2.44 bits per heavy atom. The molecule has 0 unspecified atom stereocenters. The van der Waals surface area contributed by atoms with Gasteiger partial charge in [0.15, 0.2) is 6.23 Å². The summed E-state index contributed by atoms with van der Waals surface area (Å²) in [5.41, 5.74) is -0.778. The summed E-state index contributed by atoms with van der Waals surface area (Å²) in [6, 6.07) is 10.1. The van der Waals surface area contributed by atoms with Gasteiger partial charge in [-0.2, -0.15) is 0 Å². The van der Waals surface area contributed by atoms with Crippen molar-refractivity contribution in [3.63, 3.8) is 0 Å². The first-order valence-electron chi connectivity index (χ1n) is 7.67. The predicted molar refractivity (Wildman–Crippen MR) is 84.7 cm³/mol. The van der Waals surface area contributed by atoms with Crippen LogP contribution < -0.4 is 16.1 Å². The number of rotatable bonds is 5. The molecule has 1 aromatic heterocycles. The SMILES string of the molecule is O=c1ccn([C@@H]2O[C@H](CO)[C@@H](O)[C@H]2O)c(=O)n1OCc1ccccc1. The van der Waals surface area contributed by atoms with E-state index in [0.717, 1.165) is 22.4 Å². The van der Waals surface area contributed by atoms with Gasteiger partial charge in [-0.25, -0.2) is 4.79 Å². The van der Waals surface area contributed by atoms with Crippen molar-refractivity contribution in [2.75, 3.05) is 6.61 Å². The van der Waals surface area contributed by atoms with Crippen molar-refractivity contribution in [1.82, 2.24) is 9.30 Å². The van der Waals surface area contributed by atoms with E-state index in [-0.39, 0.29) is 6.61 Å². The van der Waals surface area contributed by atoms with E-state index in [9.17, 15) is 19.8 Å². The fourth-order valence-electron chi connectivity index (χ4n) is 2.61. The van der Waals surface area contributed by atoms with Crippen LogP contribution in [0.1, 0.15) is 11.8 Å². The van der Waals surface area contributed by atoms with Gasteiger partial charge in [-0.05, 0) is 5.56 Å². The van der Waals surface area contributed by atoms with Crippen LogP contribution in [-0.2, 0) is 11.3 Å². The molecular formula is C16H18N2O7. The average Bonchev–Trinajstić information content (AvgIpc) is 2.91. The molecule has 1 aliphatic heterocycles. The van der Waals surface area contributed by atoms with Crippen molar-refractivity contribution < 1.29 is 24.9 Å². The van der Waals surface area contributed by atoms with Gasteiger partial charge in [0.2, 0.25) is 0 Å². The van der Waals surface area contributed by atoms with E-state index in [1.54, 1.807) is 24.3 Å². The fraction of sp³-hybridized carbons (Fsp3) is 0.375. The summed E-state index contributed by atoms with van der Waals surface area (Å²) in [5, 5.41) is 29.0. The maximum absolute atomic E-state index is 12.5. The molecule has 0 aliphatic carbocycles. The number of hydrogen-bond donors (Lipinski definition) is 3. The molecule has 9 nitrogen and oxygen atoms in total. The first kappa shape index (κ1) is 17.4. The fourth-order valence-corrected chi connectivity index (χ4v) is 2.61. The van der Waals surface area contributed by atoms with Crippen molar-refractivity contribution in [2.45, 2.75) is 31.1 Å². The van der Waals surface area contributed by atoms with Gasteiger partial charge < -0.3 is 24.9 Å². The van der Waals surface area contributed by atoms with Crippen LogP contribution in [0.15, 0.2) is 52.2 Å². The van der Waals surface area contributed by atoms with Crippen LogP contribution in [0.4, 0.5) is 0 Å². The van der Waals surface area contributed by atoms with E-state index >= 15 is 0 Å². The molecule has 0 amide bonds. The van der Waals surface area contributed by atoms with Gasteiger partial charge in [0.25, 0.3) is 5.56 Å². The number of nitrogens with zero attached hydrogens (tertiary/aromatic N) is 2. The third-order valence-corrected chi connectivity index (χ3v) is 3.97. The molecule has 1 aliphatic rings. The van der Waals surface area contributed by atoms with Crippen molar-refractivity contribution in [2.24, 2.45) is 0 Å². The lowest BCUT2D eigenvalue weighted by Gasteiger charge is -2.18. The average molecular weight is 350 g/mol. The molecule has 3 rings (SSSR count). The van der Waals surface area contributed by atoms with Crippen molar-refractivity contribution in [3.05, 3.63) is 69.0 Å². The number of hydrogen-bond acceptors (Lipinski definition) is 7. The summed E-state index contributed by atoms with van der Waals surface area (Å²) in [6.45, 7) is -0.524. The summed E-state index contributed by atoms with van der Waals surface area (Å²) < 4.78 is 6.80. The predicted octanol–water partition coefficient (Wildman–Crippen LogP) is -1.75. The molecule has 2 heterocycles. The number of aliphatic hydroxyl groups excluding tert-OH is 3. The second kappa shape index (κ2) is 7.19. The summed E-state index contributed by atoms with van der Waals surface area (Å²) in [6.07, 6.45) is -3.92. The van der Waals surface area contributed by atoms with E-state index < -0.39 is 42.4 Å². The van der Waals surface area contributed by atoms with Crippen molar-refractivity contribution >= 4 is 0 Å². The highest BCUT2D eigenvalue weighted by atomic mass is 16.7. The number of aromatic nitrogens is 2. The molecule has 1 fully saturated rings. The number of benzene rings is 1. The van der Waals surface area contributed by atoms with Gasteiger partial charge >= 0.3 is 5.69 Å². The Morgan fingerprint density at radius 1 is 1.08 bits per heavy atom. The molecule has 0 spiro atoms. The van der Waals surface area contributed by atoms with Gasteiger partial charge in [0.1, 0.15) is 24.9 Å². The minimum atomic E-state index is -1.44. The maximum atomic E-state index is 12.5. The zero-order valence-corrected chi connectivity index (χ0v) is 13.1. The van der Waals surface area contributed by atoms with Crippen molar-refractivity contribution in [3.8, 4) is 0 Å². The van der Waals surface area contributed by atoms with Crippen LogP contribution >= 0.6 is 0 Å². The Morgan fingerprint density at radius 2 is 1.80 bits per heavy atom. The molecule has 25 heavy (non-hydrogen) atoms. The normalized spacial score (nSPS) is 25.9. The quantitative estimate of drug-likeness (QED) is 0.584. The van der Waals surface area contributed by atoms with E-state index in [0.29, 0.717) is 4.73 Å². The molecule has 2 aromatic rings. The third-order valence-electron chi connectivity index (χ3n) is 3.97. The van der Waals surface area contributed by atoms with E-state index in [4.69, 9.17) is 14.7 Å². The van der Waals surface area contributed by atoms with Gasteiger partial charge in [0.05, 0.1) is 6.61 Å². The zero-order chi connectivity index (χ0) is 18.0. The highest BCUT2D eigenvalue weighted by Gasteiger charge is 2.43. The monoisotopic (exact) mass is 350 g/mol. The molecule has 0 bridgehead atoms. The summed E-state index contributed by atoms with van der Waals surface area (Å²) >= 11 is 0. The lowest BCUT2D eigenvalue weighted by molar-refractivity contribution is -0.0588. The molecule has 0 saturated carbocycles. The lowest BCUT2D eigenvalue weighted by Crippen LogP contribution is -2.45. The minimum Gasteiger partial charge on any atom is -0.401 e. The second-order valence-corrected chi connectivity index (χ2v) is 5.63. The second-order valence-electron chi connectivity index (χ2n) is 5.63. The van der Waals surface area contributed by atoms with E-state index in [1.807, 2.05) is 6.07 Å². The molecule has 3 N–H and O–H groups in total. The van der Waals surface area contributed by atoms with Gasteiger partial charge in [0, 0.05) is 12.3 Å². The maximum Gasteiger partial charge on any atom is 0.366 e. The molecule has 4 atom stereocenters. The topological polar surface area (TPSA) is 123 Å². The summed E-state index contributed by atoms with van der Waals surface area (Å²) in [7, 11) is 0. The molecule has 134 valence electrons. The summed E-state index contributed by atoms with van der Waals surface area (Å²) in [5.74, 6) is 0. The Hall–Kier alpha value is -2.46. The first-order valence-corrected chi connectivity index (χ1v) is 7.67. The Kier molecular flexibility index (Phi) is 5.00. The van der Waals surface area contributed by atoms with Crippen LogP contribution in [0, 0.1) is 0 Å². The van der Waals surface area contributed by atoms with Crippen LogP contribution in [0.25, 0.3) is 0 Å². The van der Waals surface area contributed by atoms with Crippen LogP contribution in [0.2, 0.25) is 0 Å². The summed E-state index contributed by atoms with van der Waals surface area (Å²) in [4.78, 5) is 29.7. The molecule has 9 heteroatoms. The third kappa shape index (κ3) is 3.35. The lowest BCUT2D eigenvalue weighted by atomic mass is 10.1. The van der Waals surface area contributed by atoms with Crippen molar-refractivity contribution in [1.29, 1.82) is 0 Å². The molecule has 0 radical (unpaired) electrons. The van der Waals surface area contributed by atoms with Crippen LogP contribution in [0.3, 0.4) is 0 Å². The zero-order valence-electron chi connectivity index (χ0n) is 13.1. The van der Waals surface area contributed by atoms with Gasteiger partial charge in [-0.15, -0.1) is 0 Å². The minimum absolute atomic E-state index is 0.00400. The highest BCUT2D eigenvalue weighted by Crippen LogP contribution is 2.27. The number of ether oxygens (including phenoxy) is 1. The smallest absolute Gasteiger partial charge is 0.366 e. The Labute approximate surface area is 141 Å². The Balaban J connectivity index is 1.88. The highest BCUT2D eigenvalue weighted by molar-refractivity contribution is 5.13. The molecule has 1 aromatic carbocycles. The van der Waals surface area contributed by atoms with Gasteiger partial charge in [-0.3, -0.25) is 9.36 Å². The number of aliphatic hydroxyl groups is 3. The van der Waals surface area contributed by atoms with Crippen LogP contribution in [0.5, 0.6) is 0 Å². The first-order chi connectivity index (χ1) is 12.0.